The molecule has 27 heteroatoms. The number of ether oxygens (including phenoxy) is 14. The maximum Gasteiger partial charge on any atom is 0.407 e. The first-order valence-electron chi connectivity index (χ1n) is 25.2. The lowest BCUT2D eigenvalue weighted by Crippen LogP contribution is -2.52. The molecule has 15 atom stereocenters. The van der Waals surface area contributed by atoms with Gasteiger partial charge in [-0.05, 0) is 62.3 Å². The number of nitrogens with one attached hydrogen (secondary N) is 6. The molecule has 6 aliphatic rings. The van der Waals surface area contributed by atoms with E-state index in [1.165, 1.54) is 28.4 Å². The summed E-state index contributed by atoms with van der Waals surface area (Å²) in [5.41, 5.74) is -0.850. The molecule has 0 aromatic carbocycles. The Morgan fingerprint density at radius 1 is 0.453 bits per heavy atom. The molecule has 0 radical (unpaired) electrons. The molecule has 75 heavy (non-hydrogen) atoms. The Hall–Kier alpha value is -4.39. The Kier molecular flexibility index (Phi) is 19.9. The zero-order valence-corrected chi connectivity index (χ0v) is 45.1. The van der Waals surface area contributed by atoms with Crippen LogP contribution in [-0.2, 0) is 95.1 Å². The average molecular weight is 1080 g/mol. The molecule has 0 aliphatic carbocycles. The van der Waals surface area contributed by atoms with Gasteiger partial charge in [-0.15, -0.1) is 0 Å². The Morgan fingerprint density at radius 3 is 1.07 bits per heavy atom. The summed E-state index contributed by atoms with van der Waals surface area (Å²) in [5, 5.41) is 16.5. The van der Waals surface area contributed by atoms with E-state index in [9.17, 15) is 33.6 Å². The Labute approximate surface area is 436 Å². The summed E-state index contributed by atoms with van der Waals surface area (Å²) < 4.78 is 81.6. The van der Waals surface area contributed by atoms with Crippen molar-refractivity contribution in [2.24, 2.45) is 0 Å². The average Bonchev–Trinajstić information content (AvgIpc) is 4.12. The number of amides is 6. The first kappa shape index (κ1) is 59.8. The molecular weight excluding hydrogens is 997 g/mol. The second kappa shape index (κ2) is 24.9. The Bertz CT molecular complexity index is 2040. The monoisotopic (exact) mass is 1070 g/mol. The SMILES string of the molecule is COC(=O)CCNC(=O)C[C@H](NC(=O)CCNC(=O)C[C@H](NC(=O)CCNC(=O)C[C@H](NC(=O)OC(C)(C)C)[C@H]1O[C@H](OC)[C@H]2OC(C)(C)O[C@H]21)[C@H]1O[C@H](OC)[C@H]2OC(C)(C)O[C@H]21)[C@H]1O[C@H](OC)[C@H]2OC(C)(C)O[C@H]21. The fourth-order valence-corrected chi connectivity index (χ4v) is 9.93. The number of alkyl carbamates (subject to hydrolysis) is 1. The minimum atomic E-state index is -1.05. The highest BCUT2D eigenvalue weighted by atomic mass is 16.8. The lowest BCUT2D eigenvalue weighted by Gasteiger charge is -2.30. The van der Waals surface area contributed by atoms with Gasteiger partial charge in [0.2, 0.25) is 29.5 Å². The van der Waals surface area contributed by atoms with Gasteiger partial charge in [0.15, 0.2) is 36.2 Å². The van der Waals surface area contributed by atoms with E-state index in [-0.39, 0.29) is 58.2 Å². The van der Waals surface area contributed by atoms with Gasteiger partial charge in [0.1, 0.15) is 60.5 Å². The molecule has 0 spiro atoms. The predicted octanol–water partition coefficient (Wildman–Crippen LogP) is -0.614. The third kappa shape index (κ3) is 16.1. The second-order valence-corrected chi connectivity index (χ2v) is 21.4. The molecule has 6 fully saturated rings. The van der Waals surface area contributed by atoms with Crippen molar-refractivity contribution >= 4 is 41.6 Å². The highest BCUT2D eigenvalue weighted by molar-refractivity contribution is 5.83. The summed E-state index contributed by atoms with van der Waals surface area (Å²) >= 11 is 0. The molecular formula is C48H78N6O21. The summed E-state index contributed by atoms with van der Waals surface area (Å²) in [7, 11) is 5.53. The number of hydrogen-bond acceptors (Lipinski definition) is 21. The zero-order valence-electron chi connectivity index (χ0n) is 45.1. The van der Waals surface area contributed by atoms with Crippen molar-refractivity contribution in [1.29, 1.82) is 0 Å². The number of carbonyl (C=O) groups excluding carboxylic acids is 7. The highest BCUT2D eigenvalue weighted by Gasteiger charge is 2.60. The van der Waals surface area contributed by atoms with E-state index < -0.39 is 156 Å². The number of rotatable bonds is 24. The van der Waals surface area contributed by atoms with Gasteiger partial charge in [-0.1, -0.05) is 0 Å². The van der Waals surface area contributed by atoms with Gasteiger partial charge in [-0.25, -0.2) is 4.79 Å². The van der Waals surface area contributed by atoms with E-state index in [0.717, 1.165) is 0 Å². The van der Waals surface area contributed by atoms with Crippen LogP contribution in [0.25, 0.3) is 0 Å². The summed E-state index contributed by atoms with van der Waals surface area (Å²) in [4.78, 5) is 92.4. The maximum atomic E-state index is 13.7. The smallest absolute Gasteiger partial charge is 0.407 e. The van der Waals surface area contributed by atoms with Gasteiger partial charge in [0, 0.05) is 73.1 Å². The molecule has 0 aromatic heterocycles. The highest BCUT2D eigenvalue weighted by Crippen LogP contribution is 2.43. The number of fused-ring (bicyclic) bond motifs is 3. The maximum absolute atomic E-state index is 13.7. The molecule has 6 aliphatic heterocycles. The summed E-state index contributed by atoms with van der Waals surface area (Å²) in [5.74, 6) is -6.29. The molecule has 0 bridgehead atoms. The van der Waals surface area contributed by atoms with E-state index in [4.69, 9.17) is 61.6 Å². The van der Waals surface area contributed by atoms with Crippen LogP contribution in [0.1, 0.15) is 101 Å². The fourth-order valence-electron chi connectivity index (χ4n) is 9.93. The molecule has 6 amide bonds. The van der Waals surface area contributed by atoms with Gasteiger partial charge in [0.25, 0.3) is 0 Å². The largest absolute Gasteiger partial charge is 0.469 e. The van der Waals surface area contributed by atoms with E-state index in [1.54, 1.807) is 62.3 Å². The molecule has 6 heterocycles. The lowest BCUT2D eigenvalue weighted by molar-refractivity contribution is -0.230. The minimum absolute atomic E-state index is 0.00581. The quantitative estimate of drug-likeness (QED) is 0.0657. The first-order valence-corrected chi connectivity index (χ1v) is 25.2. The Balaban J connectivity index is 1.07. The number of hydrogen-bond donors (Lipinski definition) is 6. The third-order valence-corrected chi connectivity index (χ3v) is 12.9. The molecule has 426 valence electrons. The number of methoxy groups -OCH3 is 4. The molecule has 0 unspecified atom stereocenters. The summed E-state index contributed by atoms with van der Waals surface area (Å²) in [6.07, 6.45) is -11.9. The van der Waals surface area contributed by atoms with Crippen LogP contribution in [0.5, 0.6) is 0 Å². The number of esters is 1. The van der Waals surface area contributed by atoms with Crippen LogP contribution < -0.4 is 31.9 Å². The van der Waals surface area contributed by atoms with Crippen LogP contribution >= 0.6 is 0 Å². The van der Waals surface area contributed by atoms with Crippen molar-refractivity contribution < 1.29 is 99.9 Å². The van der Waals surface area contributed by atoms with Crippen molar-refractivity contribution in [3.8, 4) is 0 Å². The van der Waals surface area contributed by atoms with E-state index in [2.05, 4.69) is 36.6 Å². The van der Waals surface area contributed by atoms with Crippen molar-refractivity contribution in [2.45, 2.75) is 216 Å². The molecule has 0 saturated carbocycles. The van der Waals surface area contributed by atoms with Crippen LogP contribution in [0.4, 0.5) is 4.79 Å². The van der Waals surface area contributed by atoms with E-state index in [0.29, 0.717) is 0 Å². The third-order valence-electron chi connectivity index (χ3n) is 12.9. The normalized spacial score (nSPS) is 32.0. The standard InChI is InChI=1S/C48H78N6O21/c1-45(2,3)75-44(61)54-25(34-37-40(43(65-13)68-34)74-48(8,9)71-37)22-30(59)50-18-15-27(56)52-23(32-35-38(41(63-11)66-32)72-46(4,5)69-35)20-28(57)49-17-14-26(55)53-24(21-29(58)51-19-16-31(60)62-10)33-36-39(42(64-12)67-33)73-47(6,7)70-36/h23-25,32-43H,14-22H2,1-13H3,(H,49,57)(H,50,59)(H,51,58)(H,52,56)(H,53,55)(H,54,61)/t23-,24-,25-,32+,33+,34+,35-,36-,37-,38-,39-,40-,41-,42-,43-/m0/s1. The number of carbonyl (C=O) groups is 7. The van der Waals surface area contributed by atoms with Gasteiger partial charge < -0.3 is 98.2 Å². The van der Waals surface area contributed by atoms with Crippen LogP contribution in [0, 0.1) is 0 Å². The van der Waals surface area contributed by atoms with Crippen LogP contribution in [-0.4, -0.2) is 205 Å². The predicted molar refractivity (Wildman–Crippen MR) is 254 cm³/mol. The molecule has 0 aromatic rings. The first-order chi connectivity index (χ1) is 35.1. The van der Waals surface area contributed by atoms with Gasteiger partial charge in [0.05, 0.1) is 31.7 Å². The summed E-state index contributed by atoms with van der Waals surface area (Å²) in [6, 6.07) is -2.97. The minimum Gasteiger partial charge on any atom is -0.469 e. The van der Waals surface area contributed by atoms with Gasteiger partial charge >= 0.3 is 12.1 Å². The Morgan fingerprint density at radius 2 is 0.760 bits per heavy atom. The van der Waals surface area contributed by atoms with Crippen molar-refractivity contribution in [3.05, 3.63) is 0 Å². The summed E-state index contributed by atoms with van der Waals surface area (Å²) in [6.45, 7) is 15.1. The molecule has 6 N–H and O–H groups in total. The van der Waals surface area contributed by atoms with Crippen molar-refractivity contribution in [2.75, 3.05) is 48.1 Å². The molecule has 6 rings (SSSR count). The fraction of sp³-hybridized carbons (Fsp3) is 0.854. The van der Waals surface area contributed by atoms with Gasteiger partial charge in [-0.2, -0.15) is 0 Å². The molecule has 6 saturated heterocycles. The second-order valence-electron chi connectivity index (χ2n) is 21.4. The lowest BCUT2D eigenvalue weighted by atomic mass is 9.99. The zero-order chi connectivity index (χ0) is 55.2. The van der Waals surface area contributed by atoms with Crippen molar-refractivity contribution in [3.63, 3.8) is 0 Å². The van der Waals surface area contributed by atoms with Gasteiger partial charge in [-0.3, -0.25) is 28.8 Å². The van der Waals surface area contributed by atoms with Crippen LogP contribution in [0.2, 0.25) is 0 Å². The van der Waals surface area contributed by atoms with Crippen LogP contribution in [0.3, 0.4) is 0 Å². The topological polar surface area (TPSA) is 321 Å². The van der Waals surface area contributed by atoms with E-state index >= 15 is 0 Å². The van der Waals surface area contributed by atoms with Crippen LogP contribution in [0.15, 0.2) is 0 Å². The molecule has 27 nitrogen and oxygen atoms in total. The van der Waals surface area contributed by atoms with Crippen molar-refractivity contribution in [1.82, 2.24) is 31.9 Å². The van der Waals surface area contributed by atoms with E-state index in [1.807, 2.05) is 0 Å².